The summed E-state index contributed by atoms with van der Waals surface area (Å²) < 4.78 is 14.2. The summed E-state index contributed by atoms with van der Waals surface area (Å²) in [6.45, 7) is 0. The number of aromatic nitrogens is 1. The Hall–Kier alpha value is -1.97. The molecule has 1 aromatic heterocycles. The van der Waals surface area contributed by atoms with Crippen LogP contribution in [0.3, 0.4) is 0 Å². The van der Waals surface area contributed by atoms with Crippen molar-refractivity contribution in [3.63, 3.8) is 0 Å². The first-order valence-corrected chi connectivity index (χ1v) is 7.65. The van der Waals surface area contributed by atoms with Gasteiger partial charge in [0, 0.05) is 16.0 Å². The molecule has 0 saturated heterocycles. The van der Waals surface area contributed by atoms with Crippen molar-refractivity contribution in [1.82, 2.24) is 4.98 Å². The molecule has 0 amide bonds. The van der Waals surface area contributed by atoms with Crippen molar-refractivity contribution in [2.45, 2.75) is 0 Å². The van der Waals surface area contributed by atoms with Crippen molar-refractivity contribution in [3.8, 4) is 10.6 Å². The first kappa shape index (κ1) is 12.7. The molecule has 1 heterocycles. The minimum Gasteiger partial charge on any atom is -0.236 e. The second kappa shape index (κ2) is 4.79. The zero-order valence-electron chi connectivity index (χ0n) is 10.8. The van der Waals surface area contributed by atoms with E-state index in [-0.39, 0.29) is 5.82 Å². The quantitative estimate of drug-likeness (QED) is 0.426. The molecule has 0 spiro atoms. The van der Waals surface area contributed by atoms with E-state index in [0.29, 0.717) is 0 Å². The Morgan fingerprint density at radius 3 is 2.67 bits per heavy atom. The number of hydrogen-bond acceptors (Lipinski definition) is 2. The summed E-state index contributed by atoms with van der Waals surface area (Å²) >= 11 is 7.74. The van der Waals surface area contributed by atoms with Crippen LogP contribution in [0.4, 0.5) is 4.39 Å². The highest BCUT2D eigenvalue weighted by Crippen LogP contribution is 2.36. The van der Waals surface area contributed by atoms with Crippen LogP contribution in [-0.2, 0) is 0 Å². The zero-order valence-corrected chi connectivity index (χ0v) is 12.4. The monoisotopic (exact) mass is 313 g/mol. The Morgan fingerprint density at radius 1 is 0.952 bits per heavy atom. The van der Waals surface area contributed by atoms with Gasteiger partial charge in [0.05, 0.1) is 10.2 Å². The third kappa shape index (κ3) is 2.09. The van der Waals surface area contributed by atoms with E-state index in [0.717, 1.165) is 36.6 Å². The van der Waals surface area contributed by atoms with E-state index >= 15 is 0 Å². The lowest BCUT2D eigenvalue weighted by Crippen LogP contribution is -1.81. The van der Waals surface area contributed by atoms with Crippen molar-refractivity contribution in [2.24, 2.45) is 0 Å². The lowest BCUT2D eigenvalue weighted by Gasteiger charge is -2.04. The Balaban J connectivity index is 2.02. The van der Waals surface area contributed by atoms with Crippen LogP contribution in [-0.4, -0.2) is 4.98 Å². The highest BCUT2D eigenvalue weighted by molar-refractivity contribution is 7.21. The predicted molar refractivity (Wildman–Crippen MR) is 87.5 cm³/mol. The number of rotatable bonds is 1. The van der Waals surface area contributed by atoms with Gasteiger partial charge in [-0.05, 0) is 29.7 Å². The van der Waals surface area contributed by atoms with E-state index in [1.54, 1.807) is 6.07 Å². The van der Waals surface area contributed by atoms with E-state index in [1.165, 1.54) is 23.5 Å². The molecule has 0 unspecified atom stereocenters. The average Bonchev–Trinajstić information content (AvgIpc) is 2.90. The second-order valence-electron chi connectivity index (χ2n) is 4.77. The van der Waals surface area contributed by atoms with Crippen LogP contribution in [0, 0.1) is 5.82 Å². The van der Waals surface area contributed by atoms with Crippen LogP contribution >= 0.6 is 22.9 Å². The fourth-order valence-electron chi connectivity index (χ4n) is 2.47. The molecule has 0 radical (unpaired) electrons. The Kier molecular flexibility index (Phi) is 2.91. The maximum Gasteiger partial charge on any atom is 0.125 e. The molecule has 0 aliphatic rings. The van der Waals surface area contributed by atoms with Gasteiger partial charge in [0.25, 0.3) is 0 Å². The maximum absolute atomic E-state index is 13.3. The van der Waals surface area contributed by atoms with Crippen molar-refractivity contribution in [2.75, 3.05) is 0 Å². The van der Waals surface area contributed by atoms with Gasteiger partial charge in [0.1, 0.15) is 10.8 Å². The molecule has 102 valence electrons. The van der Waals surface area contributed by atoms with Gasteiger partial charge in [-0.3, -0.25) is 0 Å². The van der Waals surface area contributed by atoms with Gasteiger partial charge in [0.15, 0.2) is 0 Å². The summed E-state index contributed by atoms with van der Waals surface area (Å²) in [5.74, 6) is -0.237. The average molecular weight is 314 g/mol. The molecule has 3 aromatic carbocycles. The van der Waals surface area contributed by atoms with Crippen molar-refractivity contribution in [3.05, 3.63) is 65.4 Å². The van der Waals surface area contributed by atoms with Gasteiger partial charge in [-0.1, -0.05) is 41.9 Å². The highest BCUT2D eigenvalue weighted by atomic mass is 35.5. The molecule has 21 heavy (non-hydrogen) atoms. The van der Waals surface area contributed by atoms with Crippen molar-refractivity contribution in [1.29, 1.82) is 0 Å². The summed E-state index contributed by atoms with van der Waals surface area (Å²) in [6.07, 6.45) is 0. The SMILES string of the molecule is Fc1ccc2nc(-c3cccc4c(Cl)cccc34)sc2c1. The Labute approximate surface area is 129 Å². The largest absolute Gasteiger partial charge is 0.236 e. The lowest BCUT2D eigenvalue weighted by molar-refractivity contribution is 0.630. The molecular formula is C17H9ClFNS. The number of halogens is 2. The van der Waals surface area contributed by atoms with Crippen LogP contribution in [0.2, 0.25) is 5.02 Å². The van der Waals surface area contributed by atoms with E-state index in [9.17, 15) is 4.39 Å². The highest BCUT2D eigenvalue weighted by Gasteiger charge is 2.11. The van der Waals surface area contributed by atoms with Gasteiger partial charge in [-0.25, -0.2) is 9.37 Å². The molecule has 0 aliphatic heterocycles. The molecule has 4 heteroatoms. The zero-order chi connectivity index (χ0) is 14.4. The molecule has 4 aromatic rings. The standard InChI is InChI=1S/C17H9ClFNS/c18-14-6-2-3-11-12(14)4-1-5-13(11)17-20-15-8-7-10(19)9-16(15)21-17/h1-9H. The fourth-order valence-corrected chi connectivity index (χ4v) is 3.74. The first-order valence-electron chi connectivity index (χ1n) is 6.46. The van der Waals surface area contributed by atoms with E-state index < -0.39 is 0 Å². The van der Waals surface area contributed by atoms with Gasteiger partial charge >= 0.3 is 0 Å². The molecule has 0 bridgehead atoms. The minimum absolute atomic E-state index is 0.237. The van der Waals surface area contributed by atoms with Gasteiger partial charge < -0.3 is 0 Å². The minimum atomic E-state index is -0.237. The third-order valence-electron chi connectivity index (χ3n) is 3.45. The Morgan fingerprint density at radius 2 is 1.76 bits per heavy atom. The van der Waals surface area contributed by atoms with Crippen LogP contribution in [0.1, 0.15) is 0 Å². The van der Waals surface area contributed by atoms with Crippen LogP contribution < -0.4 is 0 Å². The summed E-state index contributed by atoms with van der Waals surface area (Å²) in [5.41, 5.74) is 1.84. The van der Waals surface area contributed by atoms with Gasteiger partial charge in [-0.2, -0.15) is 0 Å². The maximum atomic E-state index is 13.3. The number of nitrogens with zero attached hydrogens (tertiary/aromatic N) is 1. The molecule has 0 fully saturated rings. The summed E-state index contributed by atoms with van der Waals surface area (Å²) in [7, 11) is 0. The Bertz CT molecular complexity index is 977. The van der Waals surface area contributed by atoms with Gasteiger partial charge in [0.2, 0.25) is 0 Å². The smallest absolute Gasteiger partial charge is 0.125 e. The topological polar surface area (TPSA) is 12.9 Å². The fraction of sp³-hybridized carbons (Fsp3) is 0. The number of fused-ring (bicyclic) bond motifs is 2. The molecule has 1 nitrogen and oxygen atoms in total. The molecular weight excluding hydrogens is 305 g/mol. The molecule has 0 aliphatic carbocycles. The van der Waals surface area contributed by atoms with Gasteiger partial charge in [-0.15, -0.1) is 11.3 Å². The molecule has 4 rings (SSSR count). The first-order chi connectivity index (χ1) is 10.2. The molecule has 0 N–H and O–H groups in total. The third-order valence-corrected chi connectivity index (χ3v) is 4.83. The number of thiazole rings is 1. The normalized spacial score (nSPS) is 11.3. The molecule has 0 atom stereocenters. The van der Waals surface area contributed by atoms with Crippen molar-refractivity contribution >= 4 is 43.9 Å². The number of benzene rings is 3. The summed E-state index contributed by atoms with van der Waals surface area (Å²) in [4.78, 5) is 4.61. The van der Waals surface area contributed by atoms with Crippen LogP contribution in [0.5, 0.6) is 0 Å². The van der Waals surface area contributed by atoms with Crippen LogP contribution in [0.15, 0.2) is 54.6 Å². The second-order valence-corrected chi connectivity index (χ2v) is 6.21. The number of hydrogen-bond donors (Lipinski definition) is 0. The van der Waals surface area contributed by atoms with Crippen molar-refractivity contribution < 1.29 is 4.39 Å². The van der Waals surface area contributed by atoms with Crippen LogP contribution in [0.25, 0.3) is 31.6 Å². The van der Waals surface area contributed by atoms with E-state index in [1.807, 2.05) is 36.4 Å². The summed E-state index contributed by atoms with van der Waals surface area (Å²) in [5, 5.41) is 3.66. The summed E-state index contributed by atoms with van der Waals surface area (Å²) in [6, 6.07) is 16.5. The predicted octanol–water partition coefficient (Wildman–Crippen LogP) is 5.91. The van der Waals surface area contributed by atoms with E-state index in [2.05, 4.69) is 4.98 Å². The molecule has 0 saturated carbocycles. The lowest BCUT2D eigenvalue weighted by atomic mass is 10.1. The van der Waals surface area contributed by atoms with E-state index in [4.69, 9.17) is 11.6 Å².